The lowest BCUT2D eigenvalue weighted by atomic mass is 10.1. The van der Waals surface area contributed by atoms with Crippen LogP contribution < -0.4 is 0 Å². The highest BCUT2D eigenvalue weighted by Crippen LogP contribution is 2.31. The summed E-state index contributed by atoms with van der Waals surface area (Å²) >= 11 is 5.25. The topological polar surface area (TPSA) is 0 Å². The fraction of sp³-hybridized carbons (Fsp3) is 0.0909. The Morgan fingerprint density at radius 3 is 2.31 bits per heavy atom. The Hall–Kier alpha value is -0.600. The van der Waals surface area contributed by atoms with Crippen molar-refractivity contribution in [1.82, 2.24) is 0 Å². The minimum atomic E-state index is 1.18. The smallest absolute Gasteiger partial charge is 0.0360 e. The van der Waals surface area contributed by atoms with Crippen LogP contribution in [0.15, 0.2) is 39.5 Å². The highest BCUT2D eigenvalue weighted by Gasteiger charge is 2.02. The van der Waals surface area contributed by atoms with Gasteiger partial charge in [-0.15, -0.1) is 0 Å². The van der Waals surface area contributed by atoms with Crippen LogP contribution in [0.5, 0.6) is 0 Å². The Bertz CT molecular complexity index is 400. The van der Waals surface area contributed by atoms with E-state index in [2.05, 4.69) is 57.9 Å². The van der Waals surface area contributed by atoms with Gasteiger partial charge in [0, 0.05) is 15.4 Å². The number of thiophene rings is 1. The minimum absolute atomic E-state index is 1.18. The molecule has 2 aromatic rings. The number of halogens is 1. The third kappa shape index (κ3) is 1.84. The van der Waals surface area contributed by atoms with Crippen molar-refractivity contribution in [3.05, 3.63) is 45.1 Å². The van der Waals surface area contributed by atoms with Crippen molar-refractivity contribution in [3.8, 4) is 11.1 Å². The second-order valence-electron chi connectivity index (χ2n) is 3.00. The molecular weight excluding hydrogens is 244 g/mol. The van der Waals surface area contributed by atoms with E-state index in [9.17, 15) is 0 Å². The molecule has 0 nitrogen and oxygen atoms in total. The first-order valence-corrected chi connectivity index (χ1v) is 5.79. The Kier molecular flexibility index (Phi) is 2.51. The van der Waals surface area contributed by atoms with Crippen molar-refractivity contribution in [1.29, 1.82) is 0 Å². The fourth-order valence-corrected chi connectivity index (χ4v) is 2.75. The molecule has 0 N–H and O–H groups in total. The fourth-order valence-electron chi connectivity index (χ4n) is 1.22. The summed E-state index contributed by atoms with van der Waals surface area (Å²) in [4.78, 5) is 0. The van der Waals surface area contributed by atoms with Crippen LogP contribution in [0.2, 0.25) is 0 Å². The summed E-state index contributed by atoms with van der Waals surface area (Å²) in [6.07, 6.45) is 0. The lowest BCUT2D eigenvalue weighted by Crippen LogP contribution is -1.75. The second-order valence-corrected chi connectivity index (χ2v) is 4.60. The maximum Gasteiger partial charge on any atom is 0.0360 e. The highest BCUT2D eigenvalue weighted by atomic mass is 79.9. The quantitative estimate of drug-likeness (QED) is 0.702. The molecule has 1 aromatic carbocycles. The van der Waals surface area contributed by atoms with Gasteiger partial charge in [-0.3, -0.25) is 0 Å². The SMILES string of the molecule is Cc1ccc(-c2cscc2Br)cc1. The van der Waals surface area contributed by atoms with E-state index >= 15 is 0 Å². The van der Waals surface area contributed by atoms with Crippen LogP contribution in [0, 0.1) is 6.92 Å². The van der Waals surface area contributed by atoms with Crippen LogP contribution in [0.4, 0.5) is 0 Å². The van der Waals surface area contributed by atoms with Gasteiger partial charge in [0.25, 0.3) is 0 Å². The van der Waals surface area contributed by atoms with E-state index in [0.29, 0.717) is 0 Å². The Morgan fingerprint density at radius 1 is 1.08 bits per heavy atom. The zero-order chi connectivity index (χ0) is 9.26. The Morgan fingerprint density at radius 2 is 1.77 bits per heavy atom. The molecule has 13 heavy (non-hydrogen) atoms. The van der Waals surface area contributed by atoms with Crippen molar-refractivity contribution in [2.24, 2.45) is 0 Å². The number of rotatable bonds is 1. The zero-order valence-electron chi connectivity index (χ0n) is 7.25. The molecule has 2 rings (SSSR count). The van der Waals surface area contributed by atoms with Gasteiger partial charge in [-0.25, -0.2) is 0 Å². The first-order valence-electron chi connectivity index (χ1n) is 4.06. The molecule has 0 spiro atoms. The van der Waals surface area contributed by atoms with E-state index in [1.54, 1.807) is 11.3 Å². The molecule has 1 aromatic heterocycles. The van der Waals surface area contributed by atoms with E-state index in [1.165, 1.54) is 21.2 Å². The van der Waals surface area contributed by atoms with Crippen molar-refractivity contribution < 1.29 is 0 Å². The second kappa shape index (κ2) is 3.64. The van der Waals surface area contributed by atoms with Gasteiger partial charge in [0.1, 0.15) is 0 Å². The molecule has 0 radical (unpaired) electrons. The van der Waals surface area contributed by atoms with Crippen molar-refractivity contribution in [3.63, 3.8) is 0 Å². The zero-order valence-corrected chi connectivity index (χ0v) is 9.65. The number of hydrogen-bond acceptors (Lipinski definition) is 1. The van der Waals surface area contributed by atoms with Crippen molar-refractivity contribution in [2.45, 2.75) is 6.92 Å². The first-order chi connectivity index (χ1) is 6.27. The average Bonchev–Trinajstić information content (AvgIpc) is 2.53. The standard InChI is InChI=1S/C11H9BrS/c1-8-2-4-9(5-3-8)10-6-13-7-11(10)12/h2-7H,1H3. The summed E-state index contributed by atoms with van der Waals surface area (Å²) in [5.41, 5.74) is 3.86. The predicted molar refractivity (Wildman–Crippen MR) is 62.2 cm³/mol. The molecule has 0 unspecified atom stereocenters. The Balaban J connectivity index is 2.47. The molecule has 1 heterocycles. The van der Waals surface area contributed by atoms with E-state index in [0.717, 1.165) is 0 Å². The van der Waals surface area contributed by atoms with E-state index in [1.807, 2.05) is 0 Å². The molecule has 0 bridgehead atoms. The summed E-state index contributed by atoms with van der Waals surface area (Å²) in [5.74, 6) is 0. The van der Waals surface area contributed by atoms with Crippen LogP contribution in [0.1, 0.15) is 5.56 Å². The van der Waals surface area contributed by atoms with Crippen LogP contribution >= 0.6 is 27.3 Å². The lowest BCUT2D eigenvalue weighted by molar-refractivity contribution is 1.47. The molecule has 0 fully saturated rings. The third-order valence-corrected chi connectivity index (χ3v) is 3.68. The van der Waals surface area contributed by atoms with Gasteiger partial charge in [-0.2, -0.15) is 11.3 Å². The van der Waals surface area contributed by atoms with Crippen molar-refractivity contribution >= 4 is 27.3 Å². The van der Waals surface area contributed by atoms with E-state index < -0.39 is 0 Å². The van der Waals surface area contributed by atoms with Gasteiger partial charge in [0.15, 0.2) is 0 Å². The number of hydrogen-bond donors (Lipinski definition) is 0. The maximum absolute atomic E-state index is 3.53. The minimum Gasteiger partial charge on any atom is -0.151 e. The first kappa shape index (κ1) is 8.97. The summed E-state index contributed by atoms with van der Waals surface area (Å²) in [7, 11) is 0. The molecule has 0 saturated carbocycles. The molecule has 0 atom stereocenters. The van der Waals surface area contributed by atoms with Crippen LogP contribution in [0.3, 0.4) is 0 Å². The average molecular weight is 253 g/mol. The Labute approximate surface area is 90.4 Å². The van der Waals surface area contributed by atoms with Gasteiger partial charge >= 0.3 is 0 Å². The summed E-state index contributed by atoms with van der Waals surface area (Å²) in [6.45, 7) is 2.10. The van der Waals surface area contributed by atoms with Gasteiger partial charge in [-0.05, 0) is 33.8 Å². The molecule has 0 aliphatic carbocycles. The highest BCUT2D eigenvalue weighted by molar-refractivity contribution is 9.10. The van der Waals surface area contributed by atoms with Crippen LogP contribution in [-0.4, -0.2) is 0 Å². The van der Waals surface area contributed by atoms with Crippen LogP contribution in [0.25, 0.3) is 11.1 Å². The molecule has 0 aliphatic rings. The van der Waals surface area contributed by atoms with Crippen molar-refractivity contribution in [2.75, 3.05) is 0 Å². The normalized spacial score (nSPS) is 10.3. The van der Waals surface area contributed by atoms with E-state index in [4.69, 9.17) is 0 Å². The summed E-state index contributed by atoms with van der Waals surface area (Å²) < 4.78 is 1.18. The molecule has 0 saturated heterocycles. The molecule has 66 valence electrons. The lowest BCUT2D eigenvalue weighted by Gasteiger charge is -1.99. The monoisotopic (exact) mass is 252 g/mol. The van der Waals surface area contributed by atoms with Gasteiger partial charge in [0.2, 0.25) is 0 Å². The van der Waals surface area contributed by atoms with E-state index in [-0.39, 0.29) is 0 Å². The molecule has 2 heteroatoms. The predicted octanol–water partition coefficient (Wildman–Crippen LogP) is 4.49. The van der Waals surface area contributed by atoms with Gasteiger partial charge < -0.3 is 0 Å². The molecule has 0 amide bonds. The molecular formula is C11H9BrS. The summed E-state index contributed by atoms with van der Waals surface area (Å²) in [6, 6.07) is 8.59. The number of aryl methyl sites for hydroxylation is 1. The van der Waals surface area contributed by atoms with Gasteiger partial charge in [0.05, 0.1) is 0 Å². The summed E-state index contributed by atoms with van der Waals surface area (Å²) in [5, 5.41) is 4.27. The third-order valence-electron chi connectivity index (χ3n) is 1.98. The maximum atomic E-state index is 3.53. The molecule has 0 aliphatic heterocycles. The van der Waals surface area contributed by atoms with Gasteiger partial charge in [-0.1, -0.05) is 29.8 Å². The van der Waals surface area contributed by atoms with Crippen LogP contribution in [-0.2, 0) is 0 Å². The largest absolute Gasteiger partial charge is 0.151 e. The number of benzene rings is 1.